The molecule has 0 saturated carbocycles. The molecule has 0 aliphatic carbocycles. The fourth-order valence-electron chi connectivity index (χ4n) is 8.64. The van der Waals surface area contributed by atoms with Crippen LogP contribution in [0.1, 0.15) is 83.8 Å². The van der Waals surface area contributed by atoms with E-state index in [0.717, 1.165) is 69.8 Å². The SMILES string of the molecule is COc1cc(N2CCC(CN3CCC(c4cn5cc(NC(=O)c6ccnc(N)n6)c(N6CCC(F)(F)CC6)cc5n4)CC3)CC2)ccc1C(=O)N[C@H]1CCC(=O)NC1=O. The Balaban J connectivity index is 0.861. The monoisotopic (exact) mass is 813 g/mol. The number of nitrogens with zero attached hydrogens (tertiary/aromatic N) is 7. The molecule has 5 N–H and O–H groups in total. The molecule has 0 bridgehead atoms. The second-order valence-electron chi connectivity index (χ2n) is 16.0. The molecule has 0 spiro atoms. The van der Waals surface area contributed by atoms with E-state index in [1.54, 1.807) is 12.3 Å². The minimum atomic E-state index is -2.72. The molecule has 0 radical (unpaired) electrons. The largest absolute Gasteiger partial charge is 0.496 e. The third-order valence-electron chi connectivity index (χ3n) is 12.1. The number of benzene rings is 1. The molecule has 4 saturated heterocycles. The number of halogens is 2. The average molecular weight is 814 g/mol. The number of fused-ring (bicyclic) bond motifs is 1. The summed E-state index contributed by atoms with van der Waals surface area (Å²) in [4.78, 5) is 69.5. The van der Waals surface area contributed by atoms with E-state index >= 15 is 0 Å². The Kier molecular flexibility index (Phi) is 11.3. The van der Waals surface area contributed by atoms with E-state index < -0.39 is 29.7 Å². The van der Waals surface area contributed by atoms with E-state index in [2.05, 4.69) is 35.7 Å². The topological polar surface area (TPSA) is 192 Å². The lowest BCUT2D eigenvalue weighted by atomic mass is 9.91. The summed E-state index contributed by atoms with van der Waals surface area (Å²) < 4.78 is 35.7. The number of aromatic nitrogens is 4. The van der Waals surface area contributed by atoms with Gasteiger partial charge in [0, 0.05) is 94.3 Å². The van der Waals surface area contributed by atoms with Crippen LogP contribution >= 0.6 is 0 Å². The third kappa shape index (κ3) is 9.06. The highest BCUT2D eigenvalue weighted by molar-refractivity contribution is 6.05. The zero-order chi connectivity index (χ0) is 41.3. The number of rotatable bonds is 10. The Morgan fingerprint density at radius 3 is 2.41 bits per heavy atom. The molecule has 18 heteroatoms. The molecule has 4 amide bonds. The van der Waals surface area contributed by atoms with Gasteiger partial charge in [0.05, 0.1) is 29.7 Å². The summed E-state index contributed by atoms with van der Waals surface area (Å²) in [6, 6.07) is 8.07. The van der Waals surface area contributed by atoms with E-state index in [-0.39, 0.29) is 62.2 Å². The highest BCUT2D eigenvalue weighted by Crippen LogP contribution is 2.37. The number of carbonyl (C=O) groups excluding carboxylic acids is 4. The van der Waals surface area contributed by atoms with E-state index in [4.69, 9.17) is 15.5 Å². The van der Waals surface area contributed by atoms with Gasteiger partial charge in [0.2, 0.25) is 17.8 Å². The lowest BCUT2D eigenvalue weighted by molar-refractivity contribution is -0.134. The van der Waals surface area contributed by atoms with Crippen LogP contribution in [0.5, 0.6) is 5.75 Å². The second kappa shape index (κ2) is 16.8. The molecule has 4 aliphatic heterocycles. The Hall–Kier alpha value is -5.91. The molecule has 1 aromatic carbocycles. The first-order valence-corrected chi connectivity index (χ1v) is 20.3. The van der Waals surface area contributed by atoms with Gasteiger partial charge in [-0.3, -0.25) is 24.5 Å². The minimum Gasteiger partial charge on any atom is -0.496 e. The van der Waals surface area contributed by atoms with Gasteiger partial charge >= 0.3 is 0 Å². The number of nitrogens with two attached hydrogens (primary N) is 1. The van der Waals surface area contributed by atoms with Crippen LogP contribution in [0.2, 0.25) is 0 Å². The summed E-state index contributed by atoms with van der Waals surface area (Å²) >= 11 is 0. The van der Waals surface area contributed by atoms with Gasteiger partial charge in [-0.05, 0) is 69.3 Å². The van der Waals surface area contributed by atoms with Gasteiger partial charge in [-0.25, -0.2) is 23.7 Å². The number of nitrogens with one attached hydrogen (secondary N) is 3. The number of nitrogen functional groups attached to an aromatic ring is 1. The summed E-state index contributed by atoms with van der Waals surface area (Å²) in [7, 11) is 1.52. The van der Waals surface area contributed by atoms with Crippen LogP contribution in [-0.2, 0) is 9.59 Å². The van der Waals surface area contributed by atoms with Crippen LogP contribution in [-0.4, -0.2) is 113 Å². The molecular weight excluding hydrogens is 765 g/mol. The van der Waals surface area contributed by atoms with Crippen molar-refractivity contribution in [3.63, 3.8) is 0 Å². The normalized spacial score (nSPS) is 20.7. The standard InChI is InChI=1S/C41H49F2N11O5/c1-59-34-20-27(2-3-28(34)37(56)47-29-4-5-36(55)50-39(29)58)52-16-7-25(8-17-52)22-51-14-9-26(10-15-51)31-23-54-24-32(48-38(57)30-6-13-45-40(44)49-30)33(21-35(54)46-31)53-18-11-41(42,43)12-19-53/h2-3,6,13,20-21,23-26,29H,4-5,7-12,14-19,22H2,1H3,(H,47,56)(H,48,57)(H2,44,45,49)(H,50,55,58)/t29-/m0/s1. The van der Waals surface area contributed by atoms with Crippen LogP contribution < -0.4 is 36.2 Å². The van der Waals surface area contributed by atoms with E-state index in [0.29, 0.717) is 34.3 Å². The van der Waals surface area contributed by atoms with Gasteiger partial charge in [0.15, 0.2) is 0 Å². The zero-order valence-corrected chi connectivity index (χ0v) is 33.0. The molecular formula is C41H49F2N11O5. The van der Waals surface area contributed by atoms with E-state index in [1.807, 2.05) is 33.7 Å². The molecule has 4 fully saturated rings. The molecule has 312 valence electrons. The lowest BCUT2D eigenvalue weighted by Gasteiger charge is -2.38. The second-order valence-corrected chi connectivity index (χ2v) is 16.0. The molecule has 8 rings (SSSR count). The molecule has 1 atom stereocenters. The van der Waals surface area contributed by atoms with Gasteiger partial charge in [-0.15, -0.1) is 0 Å². The number of ether oxygens (including phenoxy) is 1. The van der Waals surface area contributed by atoms with E-state index in [1.165, 1.54) is 19.4 Å². The van der Waals surface area contributed by atoms with Crippen molar-refractivity contribution >= 4 is 52.3 Å². The number of amides is 4. The Morgan fingerprint density at radius 2 is 1.69 bits per heavy atom. The van der Waals surface area contributed by atoms with Gasteiger partial charge in [-0.2, -0.15) is 0 Å². The van der Waals surface area contributed by atoms with E-state index in [9.17, 15) is 28.0 Å². The number of carbonyl (C=O) groups is 4. The number of likely N-dealkylation sites (tertiary alicyclic amines) is 1. The quantitative estimate of drug-likeness (QED) is 0.170. The average Bonchev–Trinajstić information content (AvgIpc) is 3.65. The Bertz CT molecular complexity index is 2230. The van der Waals surface area contributed by atoms with Crippen molar-refractivity contribution in [2.45, 2.75) is 69.2 Å². The number of imidazole rings is 1. The molecule has 59 heavy (non-hydrogen) atoms. The predicted molar refractivity (Wildman–Crippen MR) is 216 cm³/mol. The molecule has 4 aromatic rings. The van der Waals surface area contributed by atoms with Crippen LogP contribution in [0.3, 0.4) is 0 Å². The maximum absolute atomic E-state index is 14.1. The van der Waals surface area contributed by atoms with Gasteiger partial charge in [0.1, 0.15) is 23.1 Å². The number of anilines is 4. The van der Waals surface area contributed by atoms with Crippen LogP contribution in [0.15, 0.2) is 48.9 Å². The number of pyridine rings is 1. The molecule has 0 unspecified atom stereocenters. The number of piperidine rings is 4. The maximum Gasteiger partial charge on any atom is 0.274 e. The van der Waals surface area contributed by atoms with Crippen molar-refractivity contribution in [1.82, 2.24) is 34.9 Å². The highest BCUT2D eigenvalue weighted by Gasteiger charge is 2.35. The number of alkyl halides is 2. The first-order valence-electron chi connectivity index (χ1n) is 20.3. The number of hydrogen-bond acceptors (Lipinski definition) is 12. The summed E-state index contributed by atoms with van der Waals surface area (Å²) in [6.45, 7) is 4.98. The fourth-order valence-corrected chi connectivity index (χ4v) is 8.64. The summed E-state index contributed by atoms with van der Waals surface area (Å²) in [5, 5.41) is 7.91. The van der Waals surface area contributed by atoms with Crippen molar-refractivity contribution in [3.8, 4) is 5.75 Å². The van der Waals surface area contributed by atoms with Crippen LogP contribution in [0, 0.1) is 5.92 Å². The first-order chi connectivity index (χ1) is 28.4. The predicted octanol–water partition coefficient (Wildman–Crippen LogP) is 3.83. The van der Waals surface area contributed by atoms with Gasteiger partial charge in [-0.1, -0.05) is 0 Å². The van der Waals surface area contributed by atoms with Crippen LogP contribution in [0.25, 0.3) is 5.65 Å². The smallest absolute Gasteiger partial charge is 0.274 e. The third-order valence-corrected chi connectivity index (χ3v) is 12.1. The van der Waals surface area contributed by atoms with Crippen molar-refractivity contribution in [2.75, 3.05) is 73.8 Å². The van der Waals surface area contributed by atoms with Crippen molar-refractivity contribution < 1.29 is 32.7 Å². The Labute approximate surface area is 339 Å². The van der Waals surface area contributed by atoms with Gasteiger partial charge < -0.3 is 40.2 Å². The van der Waals surface area contributed by atoms with Gasteiger partial charge in [0.25, 0.3) is 17.7 Å². The molecule has 4 aliphatic rings. The highest BCUT2D eigenvalue weighted by atomic mass is 19.3. The molecule has 7 heterocycles. The molecule has 3 aromatic heterocycles. The number of imide groups is 1. The lowest BCUT2D eigenvalue weighted by Crippen LogP contribution is -2.52. The Morgan fingerprint density at radius 1 is 0.932 bits per heavy atom. The first kappa shape index (κ1) is 39.9. The summed E-state index contributed by atoms with van der Waals surface area (Å²) in [6.07, 6.45) is 9.09. The van der Waals surface area contributed by atoms with Crippen molar-refractivity contribution in [2.24, 2.45) is 5.92 Å². The molecule has 16 nitrogen and oxygen atoms in total. The number of methoxy groups -OCH3 is 1. The summed E-state index contributed by atoms with van der Waals surface area (Å²) in [5.41, 5.74) is 9.87. The van der Waals surface area contributed by atoms with Crippen LogP contribution in [0.4, 0.5) is 31.8 Å². The van der Waals surface area contributed by atoms with Crippen molar-refractivity contribution in [1.29, 1.82) is 0 Å². The summed E-state index contributed by atoms with van der Waals surface area (Å²) in [5.74, 6) is -3.25. The number of hydrogen-bond donors (Lipinski definition) is 4. The maximum atomic E-state index is 14.1. The zero-order valence-electron chi connectivity index (χ0n) is 33.0. The minimum absolute atomic E-state index is 0.0251. The fraction of sp³-hybridized carbons (Fsp3) is 0.488. The van der Waals surface area contributed by atoms with Crippen molar-refractivity contribution in [3.05, 3.63) is 65.9 Å².